The maximum absolute atomic E-state index is 13.6. The standard InChI is InChI=1S/C13H8F3NO/c1-7(18)11-6-5-10(16)13(17-11)12-8(14)3-2-4-9(12)15/h2-6,18H,1H2. The van der Waals surface area contributed by atoms with Crippen LogP contribution in [0.25, 0.3) is 17.0 Å². The molecule has 0 aliphatic rings. The van der Waals surface area contributed by atoms with Gasteiger partial charge in [-0.2, -0.15) is 0 Å². The fourth-order valence-corrected chi connectivity index (χ4v) is 1.50. The van der Waals surface area contributed by atoms with Crippen LogP contribution in [0.15, 0.2) is 36.9 Å². The maximum atomic E-state index is 13.6. The van der Waals surface area contributed by atoms with E-state index in [2.05, 4.69) is 11.6 Å². The zero-order valence-corrected chi connectivity index (χ0v) is 9.12. The van der Waals surface area contributed by atoms with Crippen molar-refractivity contribution in [1.82, 2.24) is 4.98 Å². The molecule has 0 saturated heterocycles. The molecule has 0 fully saturated rings. The molecule has 2 rings (SSSR count). The van der Waals surface area contributed by atoms with Gasteiger partial charge in [0.1, 0.15) is 34.6 Å². The van der Waals surface area contributed by atoms with Crippen molar-refractivity contribution in [3.63, 3.8) is 0 Å². The monoisotopic (exact) mass is 251 g/mol. The molecule has 0 spiro atoms. The van der Waals surface area contributed by atoms with Crippen molar-refractivity contribution in [2.75, 3.05) is 0 Å². The lowest BCUT2D eigenvalue weighted by molar-refractivity contribution is 0.509. The second-order valence-corrected chi connectivity index (χ2v) is 3.57. The number of rotatable bonds is 2. The highest BCUT2D eigenvalue weighted by Crippen LogP contribution is 2.27. The Morgan fingerprint density at radius 1 is 1.00 bits per heavy atom. The summed E-state index contributed by atoms with van der Waals surface area (Å²) in [6.45, 7) is 3.22. The van der Waals surface area contributed by atoms with Crippen molar-refractivity contribution < 1.29 is 18.3 Å². The number of nitrogens with zero attached hydrogens (tertiary/aromatic N) is 1. The fourth-order valence-electron chi connectivity index (χ4n) is 1.50. The van der Waals surface area contributed by atoms with Crippen LogP contribution in [0.3, 0.4) is 0 Å². The zero-order valence-electron chi connectivity index (χ0n) is 9.12. The van der Waals surface area contributed by atoms with E-state index in [0.29, 0.717) is 0 Å². The molecule has 0 bridgehead atoms. The molecule has 1 N–H and O–H groups in total. The highest BCUT2D eigenvalue weighted by molar-refractivity contribution is 5.64. The van der Waals surface area contributed by atoms with E-state index < -0.39 is 34.5 Å². The Hall–Kier alpha value is -2.30. The van der Waals surface area contributed by atoms with Crippen LogP contribution in [0.5, 0.6) is 0 Å². The van der Waals surface area contributed by atoms with Crippen molar-refractivity contribution in [2.45, 2.75) is 0 Å². The van der Waals surface area contributed by atoms with Crippen molar-refractivity contribution in [2.24, 2.45) is 0 Å². The summed E-state index contributed by atoms with van der Waals surface area (Å²) in [6.07, 6.45) is 0. The molecule has 2 nitrogen and oxygen atoms in total. The van der Waals surface area contributed by atoms with E-state index >= 15 is 0 Å². The minimum atomic E-state index is -0.929. The zero-order chi connectivity index (χ0) is 13.3. The first-order valence-corrected chi connectivity index (χ1v) is 5.00. The molecule has 18 heavy (non-hydrogen) atoms. The topological polar surface area (TPSA) is 33.1 Å². The van der Waals surface area contributed by atoms with Crippen molar-refractivity contribution in [3.05, 3.63) is 60.1 Å². The summed E-state index contributed by atoms with van der Waals surface area (Å²) in [5.41, 5.74) is -1.12. The lowest BCUT2D eigenvalue weighted by Gasteiger charge is -2.07. The predicted molar refractivity (Wildman–Crippen MR) is 61.2 cm³/mol. The van der Waals surface area contributed by atoms with Gasteiger partial charge in [-0.25, -0.2) is 18.2 Å². The first-order valence-electron chi connectivity index (χ1n) is 5.00. The molecule has 1 aromatic heterocycles. The Bertz CT molecular complexity index is 605. The minimum absolute atomic E-state index is 0.0472. The number of hydrogen-bond donors (Lipinski definition) is 1. The van der Waals surface area contributed by atoms with E-state index in [0.717, 1.165) is 18.2 Å². The van der Waals surface area contributed by atoms with Gasteiger partial charge in [0.2, 0.25) is 0 Å². The van der Waals surface area contributed by atoms with Crippen molar-refractivity contribution in [1.29, 1.82) is 0 Å². The fraction of sp³-hybridized carbons (Fsp3) is 0. The SMILES string of the molecule is C=C(O)c1ccc(F)c(-c2c(F)cccc2F)n1. The number of aromatic nitrogens is 1. The molecular weight excluding hydrogens is 243 g/mol. The summed E-state index contributed by atoms with van der Waals surface area (Å²) >= 11 is 0. The lowest BCUT2D eigenvalue weighted by Crippen LogP contribution is -1.99. The first kappa shape index (κ1) is 12.2. The van der Waals surface area contributed by atoms with E-state index in [1.165, 1.54) is 12.1 Å². The Balaban J connectivity index is 2.70. The smallest absolute Gasteiger partial charge is 0.149 e. The van der Waals surface area contributed by atoms with Gasteiger partial charge >= 0.3 is 0 Å². The normalized spacial score (nSPS) is 10.4. The Morgan fingerprint density at radius 3 is 2.17 bits per heavy atom. The van der Waals surface area contributed by atoms with Gasteiger partial charge < -0.3 is 5.11 Å². The third kappa shape index (κ3) is 2.07. The first-order chi connectivity index (χ1) is 8.50. The summed E-state index contributed by atoms with van der Waals surface area (Å²) in [6, 6.07) is 5.30. The van der Waals surface area contributed by atoms with E-state index in [9.17, 15) is 13.2 Å². The van der Waals surface area contributed by atoms with Gasteiger partial charge in [-0.1, -0.05) is 12.6 Å². The number of aliphatic hydroxyl groups excluding tert-OH is 1. The van der Waals surface area contributed by atoms with Gasteiger partial charge in [0.05, 0.1) is 5.56 Å². The van der Waals surface area contributed by atoms with E-state index in [4.69, 9.17) is 5.11 Å². The summed E-state index contributed by atoms with van der Waals surface area (Å²) in [5, 5.41) is 9.16. The second-order valence-electron chi connectivity index (χ2n) is 3.57. The minimum Gasteiger partial charge on any atom is -0.506 e. The van der Waals surface area contributed by atoms with Gasteiger partial charge in [-0.15, -0.1) is 0 Å². The Labute approximate surface area is 101 Å². The lowest BCUT2D eigenvalue weighted by atomic mass is 10.1. The summed E-state index contributed by atoms with van der Waals surface area (Å²) in [5.74, 6) is -3.15. The quantitative estimate of drug-likeness (QED) is 0.825. The molecule has 0 saturated carbocycles. The average molecular weight is 251 g/mol. The summed E-state index contributed by atoms with van der Waals surface area (Å²) in [7, 11) is 0. The number of halogens is 3. The van der Waals surface area contributed by atoms with Crippen LogP contribution in [-0.4, -0.2) is 10.1 Å². The number of hydrogen-bond acceptors (Lipinski definition) is 2. The third-order valence-electron chi connectivity index (χ3n) is 2.34. The van der Waals surface area contributed by atoms with E-state index in [1.54, 1.807) is 0 Å². The van der Waals surface area contributed by atoms with Crippen LogP contribution in [0.4, 0.5) is 13.2 Å². The molecule has 1 heterocycles. The molecule has 5 heteroatoms. The molecular formula is C13H8F3NO. The van der Waals surface area contributed by atoms with Crippen LogP contribution in [-0.2, 0) is 0 Å². The predicted octanol–water partition coefficient (Wildman–Crippen LogP) is 3.69. The van der Waals surface area contributed by atoms with Crippen molar-refractivity contribution in [3.8, 4) is 11.3 Å². The van der Waals surface area contributed by atoms with Crippen LogP contribution < -0.4 is 0 Å². The molecule has 1 aromatic carbocycles. The number of aliphatic hydroxyl groups is 1. The highest BCUT2D eigenvalue weighted by atomic mass is 19.1. The average Bonchev–Trinajstić information content (AvgIpc) is 2.30. The largest absolute Gasteiger partial charge is 0.506 e. The summed E-state index contributed by atoms with van der Waals surface area (Å²) in [4.78, 5) is 3.66. The molecule has 0 aliphatic carbocycles. The highest BCUT2D eigenvalue weighted by Gasteiger charge is 2.17. The van der Waals surface area contributed by atoms with Crippen LogP contribution in [0.2, 0.25) is 0 Å². The van der Waals surface area contributed by atoms with Gasteiger partial charge in [0, 0.05) is 0 Å². The molecule has 92 valence electrons. The van der Waals surface area contributed by atoms with Crippen LogP contribution >= 0.6 is 0 Å². The molecule has 0 atom stereocenters. The third-order valence-corrected chi connectivity index (χ3v) is 2.34. The molecule has 0 radical (unpaired) electrons. The van der Waals surface area contributed by atoms with Gasteiger partial charge in [-0.05, 0) is 24.3 Å². The molecule has 2 aromatic rings. The van der Waals surface area contributed by atoms with Crippen molar-refractivity contribution >= 4 is 5.76 Å². The maximum Gasteiger partial charge on any atom is 0.149 e. The van der Waals surface area contributed by atoms with Gasteiger partial charge in [-0.3, -0.25) is 0 Å². The Kier molecular flexibility index (Phi) is 3.06. The number of pyridine rings is 1. The second kappa shape index (κ2) is 4.52. The Morgan fingerprint density at radius 2 is 1.61 bits per heavy atom. The van der Waals surface area contributed by atoms with Gasteiger partial charge in [0.15, 0.2) is 0 Å². The van der Waals surface area contributed by atoms with Crippen LogP contribution in [0.1, 0.15) is 5.69 Å². The van der Waals surface area contributed by atoms with Crippen LogP contribution in [0, 0.1) is 17.5 Å². The van der Waals surface area contributed by atoms with E-state index in [-0.39, 0.29) is 5.69 Å². The summed E-state index contributed by atoms with van der Waals surface area (Å²) < 4.78 is 40.6. The molecule has 0 amide bonds. The molecule has 0 unspecified atom stereocenters. The van der Waals surface area contributed by atoms with Gasteiger partial charge in [0.25, 0.3) is 0 Å². The molecule has 0 aliphatic heterocycles. The van der Waals surface area contributed by atoms with E-state index in [1.807, 2.05) is 0 Å². The number of benzene rings is 1.